The molecule has 0 aliphatic carbocycles. The van der Waals surface area contributed by atoms with Crippen molar-refractivity contribution in [1.82, 2.24) is 14.9 Å². The molecule has 15 heavy (non-hydrogen) atoms. The Morgan fingerprint density at radius 2 is 2.27 bits per heavy atom. The Bertz CT molecular complexity index is 337. The lowest BCUT2D eigenvalue weighted by atomic mass is 10.1. The maximum Gasteiger partial charge on any atom is 0.240 e. The van der Waals surface area contributed by atoms with Crippen LogP contribution in [0.3, 0.4) is 0 Å². The number of hydrogen-bond acceptors (Lipinski definition) is 3. The summed E-state index contributed by atoms with van der Waals surface area (Å²) in [6, 6.07) is 0. The molecule has 5 heteroatoms. The molecule has 84 valence electrons. The van der Waals surface area contributed by atoms with Crippen LogP contribution in [0.1, 0.15) is 26.5 Å². The van der Waals surface area contributed by atoms with E-state index in [1.54, 1.807) is 17.1 Å². The van der Waals surface area contributed by atoms with Crippen molar-refractivity contribution in [2.45, 2.75) is 39.4 Å². The number of amides is 1. The van der Waals surface area contributed by atoms with Gasteiger partial charge in [0.1, 0.15) is 6.54 Å². The lowest BCUT2D eigenvalue weighted by molar-refractivity contribution is -0.123. The summed E-state index contributed by atoms with van der Waals surface area (Å²) in [5.74, 6) is -0.0322. The van der Waals surface area contributed by atoms with Crippen molar-refractivity contribution in [2.24, 2.45) is 5.73 Å². The van der Waals surface area contributed by atoms with E-state index in [0.29, 0.717) is 6.54 Å². The highest BCUT2D eigenvalue weighted by Crippen LogP contribution is 2.01. The fourth-order valence-electron chi connectivity index (χ4n) is 1.27. The van der Waals surface area contributed by atoms with E-state index in [9.17, 15) is 4.79 Å². The van der Waals surface area contributed by atoms with Crippen LogP contribution in [0.15, 0.2) is 12.5 Å². The van der Waals surface area contributed by atoms with Gasteiger partial charge in [0.15, 0.2) is 0 Å². The summed E-state index contributed by atoms with van der Waals surface area (Å²) >= 11 is 0. The first kappa shape index (κ1) is 11.7. The maximum absolute atomic E-state index is 11.6. The van der Waals surface area contributed by atoms with Gasteiger partial charge in [0.2, 0.25) is 5.91 Å². The van der Waals surface area contributed by atoms with Crippen LogP contribution in [-0.4, -0.2) is 21.0 Å². The average molecular weight is 210 g/mol. The van der Waals surface area contributed by atoms with Crippen molar-refractivity contribution in [3.05, 3.63) is 18.2 Å². The molecule has 0 aliphatic heterocycles. The summed E-state index contributed by atoms with van der Waals surface area (Å²) in [6.45, 7) is 6.50. The molecular weight excluding hydrogens is 192 g/mol. The lowest BCUT2D eigenvalue weighted by Gasteiger charge is -2.20. The molecule has 3 N–H and O–H groups in total. The molecule has 0 saturated heterocycles. The third-order valence-corrected chi connectivity index (χ3v) is 1.84. The highest BCUT2D eigenvalue weighted by molar-refractivity contribution is 5.76. The van der Waals surface area contributed by atoms with Crippen molar-refractivity contribution in [3.63, 3.8) is 0 Å². The normalized spacial score (nSPS) is 11.5. The van der Waals surface area contributed by atoms with E-state index in [1.165, 1.54) is 0 Å². The molecule has 1 aromatic heterocycles. The van der Waals surface area contributed by atoms with Gasteiger partial charge in [0, 0.05) is 18.3 Å². The molecule has 1 amide bonds. The van der Waals surface area contributed by atoms with Crippen molar-refractivity contribution in [2.75, 3.05) is 0 Å². The third kappa shape index (κ3) is 3.71. The second-order valence-electron chi connectivity index (χ2n) is 4.52. The van der Waals surface area contributed by atoms with E-state index in [0.717, 1.165) is 5.69 Å². The summed E-state index contributed by atoms with van der Waals surface area (Å²) in [6.07, 6.45) is 3.29. The average Bonchev–Trinajstić information content (AvgIpc) is 2.48. The first-order valence-electron chi connectivity index (χ1n) is 4.92. The highest BCUT2D eigenvalue weighted by atomic mass is 16.2. The molecule has 0 aromatic carbocycles. The number of carbonyl (C=O) groups excluding carboxylic acids is 1. The minimum absolute atomic E-state index is 0.0322. The Morgan fingerprint density at radius 3 is 2.80 bits per heavy atom. The Kier molecular flexibility index (Phi) is 3.47. The van der Waals surface area contributed by atoms with Crippen molar-refractivity contribution in [1.29, 1.82) is 0 Å². The van der Waals surface area contributed by atoms with E-state index in [4.69, 9.17) is 5.73 Å². The van der Waals surface area contributed by atoms with Crippen LogP contribution in [0.5, 0.6) is 0 Å². The molecule has 0 radical (unpaired) electrons. The van der Waals surface area contributed by atoms with Crippen LogP contribution in [0, 0.1) is 0 Å². The first-order chi connectivity index (χ1) is 6.92. The molecule has 0 unspecified atom stereocenters. The Labute approximate surface area is 89.7 Å². The summed E-state index contributed by atoms with van der Waals surface area (Å²) in [5.41, 5.74) is 6.16. The minimum atomic E-state index is -0.208. The molecule has 1 heterocycles. The van der Waals surface area contributed by atoms with Gasteiger partial charge in [-0.3, -0.25) is 4.79 Å². The van der Waals surface area contributed by atoms with Crippen molar-refractivity contribution < 1.29 is 4.79 Å². The van der Waals surface area contributed by atoms with Gasteiger partial charge in [-0.1, -0.05) is 0 Å². The van der Waals surface area contributed by atoms with Crippen molar-refractivity contribution in [3.8, 4) is 0 Å². The smallest absolute Gasteiger partial charge is 0.240 e. The Hall–Kier alpha value is -1.36. The molecule has 0 saturated carbocycles. The van der Waals surface area contributed by atoms with Gasteiger partial charge >= 0.3 is 0 Å². The van der Waals surface area contributed by atoms with Gasteiger partial charge in [-0.15, -0.1) is 0 Å². The summed E-state index contributed by atoms with van der Waals surface area (Å²) in [4.78, 5) is 15.5. The van der Waals surface area contributed by atoms with Gasteiger partial charge in [-0.25, -0.2) is 4.98 Å². The summed E-state index contributed by atoms with van der Waals surface area (Å²) in [7, 11) is 0. The van der Waals surface area contributed by atoms with E-state index < -0.39 is 0 Å². The number of rotatable bonds is 3. The Morgan fingerprint density at radius 1 is 1.60 bits per heavy atom. The number of nitrogens with zero attached hydrogens (tertiary/aromatic N) is 2. The van der Waals surface area contributed by atoms with E-state index >= 15 is 0 Å². The lowest BCUT2D eigenvalue weighted by Crippen LogP contribution is -2.42. The second-order valence-corrected chi connectivity index (χ2v) is 4.52. The summed E-state index contributed by atoms with van der Waals surface area (Å²) in [5, 5.41) is 2.88. The second kappa shape index (κ2) is 4.44. The quantitative estimate of drug-likeness (QED) is 0.751. The van der Waals surface area contributed by atoms with Crippen LogP contribution in [0.4, 0.5) is 0 Å². The monoisotopic (exact) mass is 210 g/mol. The third-order valence-electron chi connectivity index (χ3n) is 1.84. The van der Waals surface area contributed by atoms with Gasteiger partial charge in [-0.2, -0.15) is 0 Å². The molecule has 0 bridgehead atoms. The molecule has 5 nitrogen and oxygen atoms in total. The predicted molar refractivity (Wildman–Crippen MR) is 58.0 cm³/mol. The van der Waals surface area contributed by atoms with E-state index in [1.807, 2.05) is 20.8 Å². The van der Waals surface area contributed by atoms with Gasteiger partial charge < -0.3 is 15.6 Å². The highest BCUT2D eigenvalue weighted by Gasteiger charge is 2.14. The molecule has 0 atom stereocenters. The minimum Gasteiger partial charge on any atom is -0.350 e. The summed E-state index contributed by atoms with van der Waals surface area (Å²) < 4.78 is 1.75. The van der Waals surface area contributed by atoms with Crippen molar-refractivity contribution >= 4 is 5.91 Å². The van der Waals surface area contributed by atoms with Gasteiger partial charge in [0.25, 0.3) is 0 Å². The molecule has 0 aliphatic rings. The van der Waals surface area contributed by atoms with E-state index in [-0.39, 0.29) is 18.0 Å². The number of nitrogens with one attached hydrogen (secondary N) is 1. The number of nitrogens with two attached hydrogens (primary N) is 1. The SMILES string of the molecule is CC(C)(C)NC(=O)Cn1cncc1CN. The van der Waals surface area contributed by atoms with E-state index in [2.05, 4.69) is 10.3 Å². The number of aromatic nitrogens is 2. The predicted octanol–water partition coefficient (Wildman–Crippen LogP) is 0.256. The number of hydrogen-bond donors (Lipinski definition) is 2. The maximum atomic E-state index is 11.6. The van der Waals surface area contributed by atoms with Crippen LogP contribution in [0.25, 0.3) is 0 Å². The zero-order valence-electron chi connectivity index (χ0n) is 9.45. The van der Waals surface area contributed by atoms with Crippen LogP contribution in [-0.2, 0) is 17.9 Å². The molecule has 0 fully saturated rings. The Balaban J connectivity index is 2.59. The topological polar surface area (TPSA) is 72.9 Å². The fraction of sp³-hybridized carbons (Fsp3) is 0.600. The molecule has 0 spiro atoms. The zero-order chi connectivity index (χ0) is 11.5. The standard InChI is InChI=1S/C10H18N4O/c1-10(2,3)13-9(15)6-14-7-12-5-8(14)4-11/h5,7H,4,6,11H2,1-3H3,(H,13,15). The van der Waals surface area contributed by atoms with Gasteiger partial charge in [0.05, 0.1) is 12.0 Å². The fourth-order valence-corrected chi connectivity index (χ4v) is 1.27. The largest absolute Gasteiger partial charge is 0.350 e. The van der Waals surface area contributed by atoms with Crippen LogP contribution in [0.2, 0.25) is 0 Å². The molecular formula is C10H18N4O. The van der Waals surface area contributed by atoms with Crippen LogP contribution < -0.4 is 11.1 Å². The number of carbonyl (C=O) groups is 1. The number of imidazole rings is 1. The van der Waals surface area contributed by atoms with Gasteiger partial charge in [-0.05, 0) is 20.8 Å². The molecule has 1 rings (SSSR count). The first-order valence-corrected chi connectivity index (χ1v) is 4.92. The zero-order valence-corrected chi connectivity index (χ0v) is 9.45. The van der Waals surface area contributed by atoms with Crippen LogP contribution >= 0.6 is 0 Å². The molecule has 1 aromatic rings.